The minimum absolute atomic E-state index is 0.499. The Morgan fingerprint density at radius 1 is 1.36 bits per heavy atom. The van der Waals surface area contributed by atoms with Gasteiger partial charge in [0.15, 0.2) is 0 Å². The van der Waals surface area contributed by atoms with Crippen molar-refractivity contribution in [1.29, 1.82) is 0 Å². The smallest absolute Gasteiger partial charge is 0.309 e. The zero-order chi connectivity index (χ0) is 8.27. The Bertz CT molecular complexity index is 145. The first-order chi connectivity index (χ1) is 5.25. The zero-order valence-corrected chi connectivity index (χ0v) is 6.19. The van der Waals surface area contributed by atoms with Crippen LogP contribution < -0.4 is 0 Å². The van der Waals surface area contributed by atoms with Crippen molar-refractivity contribution in [1.82, 2.24) is 0 Å². The second-order valence-corrected chi connectivity index (χ2v) is 2.87. The first kappa shape index (κ1) is 8.49. The average molecular weight is 160 g/mol. The number of hydrogen-bond donors (Lipinski definition) is 2. The molecule has 0 aromatic carbocycles. The van der Waals surface area contributed by atoms with Gasteiger partial charge in [-0.2, -0.15) is 0 Å². The Morgan fingerprint density at radius 2 is 2.00 bits per heavy atom. The van der Waals surface area contributed by atoms with Gasteiger partial charge in [-0.25, -0.2) is 4.89 Å². The van der Waals surface area contributed by atoms with E-state index in [-0.39, 0.29) is 0 Å². The molecule has 0 aliphatic heterocycles. The second kappa shape index (κ2) is 3.69. The van der Waals surface area contributed by atoms with Crippen LogP contribution in [0.1, 0.15) is 25.7 Å². The molecule has 64 valence electrons. The predicted octanol–water partition coefficient (Wildman–Crippen LogP) is 1.12. The first-order valence-corrected chi connectivity index (χ1v) is 3.78. The summed E-state index contributed by atoms with van der Waals surface area (Å²) in [6.07, 6.45) is 2.61. The SMILES string of the molecule is O=C(O)C1CCCCC1OO. The molecule has 1 fully saturated rings. The molecule has 0 radical (unpaired) electrons. The van der Waals surface area contributed by atoms with E-state index in [9.17, 15) is 4.79 Å². The number of hydrogen-bond acceptors (Lipinski definition) is 3. The molecule has 0 amide bonds. The highest BCUT2D eigenvalue weighted by atomic mass is 17.1. The van der Waals surface area contributed by atoms with E-state index in [1.54, 1.807) is 0 Å². The molecule has 1 aliphatic rings. The van der Waals surface area contributed by atoms with Gasteiger partial charge in [0, 0.05) is 0 Å². The Labute approximate surface area is 64.7 Å². The van der Waals surface area contributed by atoms with Crippen LogP contribution in [0, 0.1) is 5.92 Å². The van der Waals surface area contributed by atoms with E-state index in [0.717, 1.165) is 12.8 Å². The van der Waals surface area contributed by atoms with Crippen LogP contribution in [-0.2, 0) is 9.68 Å². The fourth-order valence-corrected chi connectivity index (χ4v) is 1.51. The Morgan fingerprint density at radius 3 is 2.45 bits per heavy atom. The predicted molar refractivity (Wildman–Crippen MR) is 37.1 cm³/mol. The number of rotatable bonds is 2. The summed E-state index contributed by atoms with van der Waals surface area (Å²) < 4.78 is 0. The molecule has 0 bridgehead atoms. The Balaban J connectivity index is 2.51. The highest BCUT2D eigenvalue weighted by molar-refractivity contribution is 5.70. The van der Waals surface area contributed by atoms with Gasteiger partial charge >= 0.3 is 5.97 Å². The van der Waals surface area contributed by atoms with Gasteiger partial charge in [0.2, 0.25) is 0 Å². The van der Waals surface area contributed by atoms with Crippen LogP contribution in [0.2, 0.25) is 0 Å². The van der Waals surface area contributed by atoms with Crippen LogP contribution >= 0.6 is 0 Å². The Kier molecular flexibility index (Phi) is 2.84. The number of carboxylic acid groups (broad SMARTS) is 1. The standard InChI is InChI=1S/C7H12O4/c8-7(9)5-3-1-2-4-6(5)11-10/h5-6,10H,1-4H2,(H,8,9). The molecule has 0 aromatic rings. The van der Waals surface area contributed by atoms with E-state index in [4.69, 9.17) is 10.4 Å². The summed E-state index contributed by atoms with van der Waals surface area (Å²) in [4.78, 5) is 14.6. The molecule has 1 saturated carbocycles. The maximum Gasteiger partial charge on any atom is 0.309 e. The van der Waals surface area contributed by atoms with Crippen LogP contribution in [-0.4, -0.2) is 22.4 Å². The monoisotopic (exact) mass is 160 g/mol. The lowest BCUT2D eigenvalue weighted by Crippen LogP contribution is -2.32. The highest BCUT2D eigenvalue weighted by Crippen LogP contribution is 2.26. The molecule has 0 aromatic heterocycles. The number of carbonyl (C=O) groups is 1. The molecular formula is C7H12O4. The topological polar surface area (TPSA) is 66.8 Å². The van der Waals surface area contributed by atoms with Gasteiger partial charge in [0.25, 0.3) is 0 Å². The summed E-state index contributed by atoms with van der Waals surface area (Å²) in [6, 6.07) is 0. The van der Waals surface area contributed by atoms with E-state index in [2.05, 4.69) is 4.89 Å². The molecule has 2 unspecified atom stereocenters. The third-order valence-electron chi connectivity index (χ3n) is 2.16. The summed E-state index contributed by atoms with van der Waals surface area (Å²) in [6.45, 7) is 0. The summed E-state index contributed by atoms with van der Waals surface area (Å²) in [5, 5.41) is 17.0. The molecule has 4 nitrogen and oxygen atoms in total. The van der Waals surface area contributed by atoms with Crippen LogP contribution in [0.3, 0.4) is 0 Å². The zero-order valence-electron chi connectivity index (χ0n) is 6.19. The van der Waals surface area contributed by atoms with E-state index < -0.39 is 18.0 Å². The van der Waals surface area contributed by atoms with Gasteiger partial charge in [-0.15, -0.1) is 0 Å². The van der Waals surface area contributed by atoms with Gasteiger partial charge in [-0.1, -0.05) is 12.8 Å². The van der Waals surface area contributed by atoms with Crippen molar-refractivity contribution < 1.29 is 20.0 Å². The van der Waals surface area contributed by atoms with Crippen molar-refractivity contribution in [3.63, 3.8) is 0 Å². The molecule has 0 heterocycles. The van der Waals surface area contributed by atoms with E-state index in [1.807, 2.05) is 0 Å². The molecule has 1 aliphatic carbocycles. The normalized spacial score (nSPS) is 31.7. The van der Waals surface area contributed by atoms with Crippen molar-refractivity contribution in [2.75, 3.05) is 0 Å². The maximum absolute atomic E-state index is 10.5. The third-order valence-corrected chi connectivity index (χ3v) is 2.16. The Hall–Kier alpha value is -0.610. The third kappa shape index (κ3) is 1.91. The van der Waals surface area contributed by atoms with Gasteiger partial charge in [0.1, 0.15) is 6.10 Å². The van der Waals surface area contributed by atoms with Gasteiger partial charge < -0.3 is 5.11 Å². The van der Waals surface area contributed by atoms with Crippen LogP contribution in [0.4, 0.5) is 0 Å². The quantitative estimate of drug-likeness (QED) is 0.469. The van der Waals surface area contributed by atoms with Crippen LogP contribution in [0.15, 0.2) is 0 Å². The highest BCUT2D eigenvalue weighted by Gasteiger charge is 2.31. The molecule has 11 heavy (non-hydrogen) atoms. The molecule has 1 rings (SSSR count). The van der Waals surface area contributed by atoms with Crippen molar-refractivity contribution in [3.05, 3.63) is 0 Å². The van der Waals surface area contributed by atoms with Crippen molar-refractivity contribution >= 4 is 5.97 Å². The molecule has 0 spiro atoms. The minimum Gasteiger partial charge on any atom is -0.481 e. The van der Waals surface area contributed by atoms with E-state index in [0.29, 0.717) is 12.8 Å². The van der Waals surface area contributed by atoms with Gasteiger partial charge in [0.05, 0.1) is 5.92 Å². The summed E-state index contributed by atoms with van der Waals surface area (Å²) in [5.41, 5.74) is 0. The van der Waals surface area contributed by atoms with E-state index >= 15 is 0 Å². The fraction of sp³-hybridized carbons (Fsp3) is 0.857. The molecule has 4 heteroatoms. The maximum atomic E-state index is 10.5. The largest absolute Gasteiger partial charge is 0.481 e. The summed E-state index contributed by atoms with van der Waals surface area (Å²) in [7, 11) is 0. The van der Waals surface area contributed by atoms with E-state index in [1.165, 1.54) is 0 Å². The van der Waals surface area contributed by atoms with Crippen molar-refractivity contribution in [2.45, 2.75) is 31.8 Å². The van der Waals surface area contributed by atoms with Gasteiger partial charge in [-0.3, -0.25) is 10.1 Å². The second-order valence-electron chi connectivity index (χ2n) is 2.87. The summed E-state index contributed by atoms with van der Waals surface area (Å²) >= 11 is 0. The summed E-state index contributed by atoms with van der Waals surface area (Å²) in [5.74, 6) is -1.39. The number of aliphatic carboxylic acids is 1. The molecule has 2 N–H and O–H groups in total. The lowest BCUT2D eigenvalue weighted by molar-refractivity contribution is -0.294. The van der Waals surface area contributed by atoms with Crippen LogP contribution in [0.5, 0.6) is 0 Å². The van der Waals surface area contributed by atoms with Crippen molar-refractivity contribution in [2.24, 2.45) is 5.92 Å². The van der Waals surface area contributed by atoms with Crippen molar-refractivity contribution in [3.8, 4) is 0 Å². The van der Waals surface area contributed by atoms with Gasteiger partial charge in [-0.05, 0) is 12.8 Å². The molecular weight excluding hydrogens is 148 g/mol. The first-order valence-electron chi connectivity index (χ1n) is 3.78. The lowest BCUT2D eigenvalue weighted by Gasteiger charge is -2.25. The number of carboxylic acids is 1. The fourth-order valence-electron chi connectivity index (χ4n) is 1.51. The lowest BCUT2D eigenvalue weighted by atomic mass is 9.87. The van der Waals surface area contributed by atoms with Crippen LogP contribution in [0.25, 0.3) is 0 Å². The molecule has 2 atom stereocenters. The molecule has 0 saturated heterocycles. The average Bonchev–Trinajstić information content (AvgIpc) is 2.04. The minimum atomic E-state index is -0.872.